The van der Waals surface area contributed by atoms with E-state index in [2.05, 4.69) is 10.3 Å². The van der Waals surface area contributed by atoms with Crippen molar-refractivity contribution in [3.63, 3.8) is 0 Å². The molecule has 0 atom stereocenters. The second-order valence-corrected chi connectivity index (χ2v) is 6.09. The van der Waals surface area contributed by atoms with E-state index in [9.17, 15) is 13.2 Å². The molecule has 1 saturated heterocycles. The van der Waals surface area contributed by atoms with E-state index in [-0.39, 0.29) is 5.54 Å². The SMILES string of the molecule is CCCNc1cc(C(F)(F)F)cc(N2CCCC2(C)C)n1. The minimum atomic E-state index is -4.36. The van der Waals surface area contributed by atoms with E-state index in [4.69, 9.17) is 0 Å². The molecule has 0 bridgehead atoms. The minimum absolute atomic E-state index is 0.154. The Morgan fingerprint density at radius 3 is 2.57 bits per heavy atom. The number of nitrogens with one attached hydrogen (secondary N) is 1. The third-order valence-corrected chi connectivity index (χ3v) is 3.87. The summed E-state index contributed by atoms with van der Waals surface area (Å²) in [6.45, 7) is 7.40. The van der Waals surface area contributed by atoms with Crippen molar-refractivity contribution in [3.8, 4) is 0 Å². The van der Waals surface area contributed by atoms with Crippen LogP contribution in [0.15, 0.2) is 12.1 Å². The highest BCUT2D eigenvalue weighted by atomic mass is 19.4. The van der Waals surface area contributed by atoms with Crippen LogP contribution in [0.3, 0.4) is 0 Å². The molecule has 0 radical (unpaired) electrons. The highest BCUT2D eigenvalue weighted by Crippen LogP contribution is 2.37. The van der Waals surface area contributed by atoms with Crippen molar-refractivity contribution in [3.05, 3.63) is 17.7 Å². The van der Waals surface area contributed by atoms with Crippen LogP contribution in [-0.2, 0) is 6.18 Å². The van der Waals surface area contributed by atoms with Gasteiger partial charge in [0.15, 0.2) is 0 Å². The number of aromatic nitrogens is 1. The molecule has 1 aliphatic rings. The predicted molar refractivity (Wildman–Crippen MR) is 78.7 cm³/mol. The van der Waals surface area contributed by atoms with E-state index in [1.54, 1.807) is 0 Å². The van der Waals surface area contributed by atoms with Gasteiger partial charge in [-0.25, -0.2) is 4.98 Å². The van der Waals surface area contributed by atoms with Crippen LogP contribution in [0.5, 0.6) is 0 Å². The second kappa shape index (κ2) is 5.73. The van der Waals surface area contributed by atoms with Crippen LogP contribution in [-0.4, -0.2) is 23.6 Å². The molecule has 0 unspecified atom stereocenters. The normalized spacial score (nSPS) is 18.1. The summed E-state index contributed by atoms with van der Waals surface area (Å²) in [6, 6.07) is 2.24. The van der Waals surface area contributed by atoms with E-state index >= 15 is 0 Å². The van der Waals surface area contributed by atoms with E-state index in [1.165, 1.54) is 0 Å². The number of nitrogens with zero attached hydrogens (tertiary/aromatic N) is 2. The van der Waals surface area contributed by atoms with Gasteiger partial charge in [0.1, 0.15) is 11.6 Å². The first kappa shape index (κ1) is 15.9. The highest BCUT2D eigenvalue weighted by molar-refractivity contribution is 5.53. The number of alkyl halides is 3. The van der Waals surface area contributed by atoms with Gasteiger partial charge in [0.25, 0.3) is 0 Å². The van der Waals surface area contributed by atoms with Gasteiger partial charge in [0.05, 0.1) is 5.56 Å². The predicted octanol–water partition coefficient (Wildman–Crippen LogP) is 4.30. The minimum Gasteiger partial charge on any atom is -0.370 e. The molecule has 3 nitrogen and oxygen atoms in total. The van der Waals surface area contributed by atoms with E-state index in [0.29, 0.717) is 18.2 Å². The maximum Gasteiger partial charge on any atom is 0.416 e. The van der Waals surface area contributed by atoms with E-state index in [0.717, 1.165) is 37.9 Å². The average Bonchev–Trinajstić information content (AvgIpc) is 2.74. The molecule has 0 amide bonds. The number of hydrogen-bond donors (Lipinski definition) is 1. The zero-order valence-corrected chi connectivity index (χ0v) is 12.7. The summed E-state index contributed by atoms with van der Waals surface area (Å²) in [4.78, 5) is 6.35. The Balaban J connectivity index is 2.40. The summed E-state index contributed by atoms with van der Waals surface area (Å²) in [7, 11) is 0. The van der Waals surface area contributed by atoms with Crippen molar-refractivity contribution in [1.29, 1.82) is 0 Å². The molecule has 0 aliphatic carbocycles. The lowest BCUT2D eigenvalue weighted by Crippen LogP contribution is -2.38. The van der Waals surface area contributed by atoms with Crippen molar-refractivity contribution in [1.82, 2.24) is 4.98 Å². The summed E-state index contributed by atoms with van der Waals surface area (Å²) < 4.78 is 39.2. The van der Waals surface area contributed by atoms with Crippen molar-refractivity contribution in [2.75, 3.05) is 23.3 Å². The third kappa shape index (κ3) is 3.60. The van der Waals surface area contributed by atoms with Gasteiger partial charge >= 0.3 is 6.18 Å². The van der Waals surface area contributed by atoms with Crippen molar-refractivity contribution in [2.24, 2.45) is 0 Å². The van der Waals surface area contributed by atoms with Crippen LogP contribution in [0.1, 0.15) is 45.6 Å². The topological polar surface area (TPSA) is 28.2 Å². The Morgan fingerprint density at radius 1 is 1.33 bits per heavy atom. The van der Waals surface area contributed by atoms with E-state index in [1.807, 2.05) is 25.7 Å². The van der Waals surface area contributed by atoms with Gasteiger partial charge in [-0.3, -0.25) is 0 Å². The van der Waals surface area contributed by atoms with Gasteiger partial charge in [-0.05, 0) is 45.2 Å². The van der Waals surface area contributed by atoms with Crippen molar-refractivity contribution in [2.45, 2.75) is 51.7 Å². The Labute approximate surface area is 123 Å². The first-order chi connectivity index (χ1) is 9.74. The van der Waals surface area contributed by atoms with Crippen molar-refractivity contribution >= 4 is 11.6 Å². The van der Waals surface area contributed by atoms with Crippen LogP contribution in [0.25, 0.3) is 0 Å². The summed E-state index contributed by atoms with van der Waals surface area (Å²) >= 11 is 0. The van der Waals surface area contributed by atoms with Gasteiger partial charge in [0.2, 0.25) is 0 Å². The second-order valence-electron chi connectivity index (χ2n) is 6.09. The fourth-order valence-corrected chi connectivity index (χ4v) is 2.69. The highest BCUT2D eigenvalue weighted by Gasteiger charge is 2.36. The average molecular weight is 301 g/mol. The standard InChI is InChI=1S/C15H22F3N3/c1-4-7-19-12-9-11(15(16,17)18)10-13(20-12)21-8-5-6-14(21,2)3/h9-10H,4-8H2,1-3H3,(H,19,20). The lowest BCUT2D eigenvalue weighted by molar-refractivity contribution is -0.137. The Kier molecular flexibility index (Phi) is 4.35. The molecule has 1 fully saturated rings. The molecule has 2 heterocycles. The van der Waals surface area contributed by atoms with E-state index < -0.39 is 11.7 Å². The molecule has 0 spiro atoms. The fraction of sp³-hybridized carbons (Fsp3) is 0.667. The molecular formula is C15H22F3N3. The van der Waals surface area contributed by atoms with Crippen LogP contribution in [0, 0.1) is 0 Å². The van der Waals surface area contributed by atoms with Gasteiger partial charge in [-0.1, -0.05) is 6.92 Å². The van der Waals surface area contributed by atoms with Crippen LogP contribution in [0.2, 0.25) is 0 Å². The van der Waals surface area contributed by atoms with Crippen LogP contribution < -0.4 is 10.2 Å². The zero-order valence-electron chi connectivity index (χ0n) is 12.7. The smallest absolute Gasteiger partial charge is 0.370 e. The van der Waals surface area contributed by atoms with Gasteiger partial charge in [0, 0.05) is 18.6 Å². The molecule has 0 saturated carbocycles. The molecular weight excluding hydrogens is 279 g/mol. The molecule has 1 N–H and O–H groups in total. The maximum atomic E-state index is 13.1. The Hall–Kier alpha value is -1.46. The molecule has 1 aromatic rings. The third-order valence-electron chi connectivity index (χ3n) is 3.87. The maximum absolute atomic E-state index is 13.1. The number of pyridine rings is 1. The molecule has 1 aliphatic heterocycles. The molecule has 0 aromatic carbocycles. The van der Waals surface area contributed by atoms with Crippen LogP contribution in [0.4, 0.5) is 24.8 Å². The summed E-state index contributed by atoms with van der Waals surface area (Å²) in [5.74, 6) is 0.704. The fourth-order valence-electron chi connectivity index (χ4n) is 2.69. The van der Waals surface area contributed by atoms with Gasteiger partial charge < -0.3 is 10.2 Å². The summed E-state index contributed by atoms with van der Waals surface area (Å²) in [6.07, 6.45) is -1.59. The zero-order chi connectivity index (χ0) is 15.7. The molecule has 2 rings (SSSR count). The molecule has 21 heavy (non-hydrogen) atoms. The number of anilines is 2. The first-order valence-corrected chi connectivity index (χ1v) is 7.35. The first-order valence-electron chi connectivity index (χ1n) is 7.35. The number of hydrogen-bond acceptors (Lipinski definition) is 3. The largest absolute Gasteiger partial charge is 0.416 e. The molecule has 1 aromatic heterocycles. The number of rotatable bonds is 4. The summed E-state index contributed by atoms with van der Waals surface area (Å²) in [5.41, 5.74) is -0.798. The lowest BCUT2D eigenvalue weighted by atomic mass is 10.0. The summed E-state index contributed by atoms with van der Waals surface area (Å²) in [5, 5.41) is 2.96. The lowest BCUT2D eigenvalue weighted by Gasteiger charge is -2.33. The van der Waals surface area contributed by atoms with Crippen molar-refractivity contribution < 1.29 is 13.2 Å². The van der Waals surface area contributed by atoms with Gasteiger partial charge in [-0.15, -0.1) is 0 Å². The molecule has 6 heteroatoms. The Morgan fingerprint density at radius 2 is 2.05 bits per heavy atom. The van der Waals surface area contributed by atoms with Crippen LogP contribution >= 0.6 is 0 Å². The monoisotopic (exact) mass is 301 g/mol. The number of halogens is 3. The molecule has 118 valence electrons. The quantitative estimate of drug-likeness (QED) is 0.898. The van der Waals surface area contributed by atoms with Gasteiger partial charge in [-0.2, -0.15) is 13.2 Å². The Bertz CT molecular complexity index is 497.